The lowest BCUT2D eigenvalue weighted by Crippen LogP contribution is -2.47. The van der Waals surface area contributed by atoms with Crippen LogP contribution in [0.1, 0.15) is 49.4 Å². The average Bonchev–Trinajstić information content (AvgIpc) is 2.58. The minimum absolute atomic E-state index is 0.283. The molecule has 0 heterocycles. The van der Waals surface area contributed by atoms with Crippen molar-refractivity contribution in [3.63, 3.8) is 0 Å². The van der Waals surface area contributed by atoms with Gasteiger partial charge < -0.3 is 5.32 Å². The predicted molar refractivity (Wildman–Crippen MR) is 102 cm³/mol. The first-order valence-electron chi connectivity index (χ1n) is 8.93. The highest BCUT2D eigenvalue weighted by Crippen LogP contribution is 2.19. The third-order valence-electron chi connectivity index (χ3n) is 4.91. The summed E-state index contributed by atoms with van der Waals surface area (Å²) < 4.78 is 0. The molecule has 0 amide bonds. The molecular weight excluding hydrogens is 282 g/mol. The molecule has 1 atom stereocenters. The summed E-state index contributed by atoms with van der Waals surface area (Å²) in [5.41, 5.74) is 10.5. The van der Waals surface area contributed by atoms with E-state index in [2.05, 4.69) is 69.1 Å². The minimum Gasteiger partial charge on any atom is -0.391 e. The molecule has 2 N–H and O–H groups in total. The Morgan fingerprint density at radius 2 is 1.74 bits per heavy atom. The molecule has 0 aliphatic carbocycles. The molecule has 0 radical (unpaired) electrons. The summed E-state index contributed by atoms with van der Waals surface area (Å²) in [4.78, 5) is 0. The normalized spacial score (nSPS) is 12.5. The monoisotopic (exact) mass is 317 g/mol. The smallest absolute Gasteiger partial charge is 0.0602 e. The number of hydrogen-bond acceptors (Lipinski definition) is 3. The Kier molecular flexibility index (Phi) is 8.35. The van der Waals surface area contributed by atoms with E-state index in [4.69, 9.17) is 0 Å². The maximum atomic E-state index is 4.09. The lowest BCUT2D eigenvalue weighted by molar-refractivity contribution is 0.174. The summed E-state index contributed by atoms with van der Waals surface area (Å²) in [6.07, 6.45) is 3.21. The molecular formula is C20H35N3. The summed E-state index contributed by atoms with van der Waals surface area (Å²) in [7, 11) is 1.93. The van der Waals surface area contributed by atoms with E-state index in [1.807, 2.05) is 7.05 Å². The zero-order valence-corrected chi connectivity index (χ0v) is 15.9. The van der Waals surface area contributed by atoms with E-state index >= 15 is 0 Å². The number of benzene rings is 1. The van der Waals surface area contributed by atoms with Crippen LogP contribution in [-0.4, -0.2) is 31.2 Å². The van der Waals surface area contributed by atoms with Crippen LogP contribution in [0.2, 0.25) is 0 Å². The first kappa shape index (κ1) is 19.7. The molecule has 0 bridgehead atoms. The van der Waals surface area contributed by atoms with Gasteiger partial charge in [-0.25, -0.2) is 10.4 Å². The Morgan fingerprint density at radius 3 is 2.26 bits per heavy atom. The van der Waals surface area contributed by atoms with Gasteiger partial charge in [0.2, 0.25) is 0 Å². The summed E-state index contributed by atoms with van der Waals surface area (Å²) in [5, 5.41) is 5.47. The molecule has 0 aromatic heterocycles. The van der Waals surface area contributed by atoms with Gasteiger partial charge in [-0.3, -0.25) is 0 Å². The quantitative estimate of drug-likeness (QED) is 0.644. The highest BCUT2D eigenvalue weighted by atomic mass is 15.5. The van der Waals surface area contributed by atoms with Crippen LogP contribution in [0, 0.1) is 13.8 Å². The van der Waals surface area contributed by atoms with Gasteiger partial charge in [-0.05, 0) is 55.4 Å². The molecule has 1 aromatic carbocycles. The third kappa shape index (κ3) is 5.36. The van der Waals surface area contributed by atoms with Gasteiger partial charge in [-0.2, -0.15) is 0 Å². The van der Waals surface area contributed by atoms with Gasteiger partial charge in [0.1, 0.15) is 0 Å². The van der Waals surface area contributed by atoms with Crippen LogP contribution >= 0.6 is 0 Å². The van der Waals surface area contributed by atoms with Crippen molar-refractivity contribution in [3.8, 4) is 0 Å². The second kappa shape index (κ2) is 9.74. The molecule has 130 valence electrons. The SMILES string of the molecule is C=C(NC)C(CC)NN(CC)CCc1ccc(CC)c(C)c1C. The molecule has 0 aliphatic heterocycles. The van der Waals surface area contributed by atoms with E-state index in [-0.39, 0.29) is 6.04 Å². The van der Waals surface area contributed by atoms with Crippen molar-refractivity contribution in [2.45, 2.75) is 59.9 Å². The number of likely N-dealkylation sites (N-methyl/N-ethyl adjacent to an activating group) is 2. The highest BCUT2D eigenvalue weighted by molar-refractivity contribution is 5.39. The maximum absolute atomic E-state index is 4.09. The van der Waals surface area contributed by atoms with Crippen LogP contribution in [0.3, 0.4) is 0 Å². The Bertz CT molecular complexity index is 508. The molecule has 23 heavy (non-hydrogen) atoms. The lowest BCUT2D eigenvalue weighted by atomic mass is 9.95. The zero-order chi connectivity index (χ0) is 17.4. The van der Waals surface area contributed by atoms with Gasteiger partial charge in [0.15, 0.2) is 0 Å². The van der Waals surface area contributed by atoms with Gasteiger partial charge in [-0.15, -0.1) is 0 Å². The first-order chi connectivity index (χ1) is 11.0. The predicted octanol–water partition coefficient (Wildman–Crippen LogP) is 3.75. The Morgan fingerprint density at radius 1 is 1.13 bits per heavy atom. The molecule has 1 rings (SSSR count). The zero-order valence-electron chi connectivity index (χ0n) is 15.9. The van der Waals surface area contributed by atoms with Crippen LogP contribution in [0.5, 0.6) is 0 Å². The van der Waals surface area contributed by atoms with Crippen molar-refractivity contribution in [2.24, 2.45) is 0 Å². The number of hydrogen-bond donors (Lipinski definition) is 2. The van der Waals surface area contributed by atoms with Crippen molar-refractivity contribution in [2.75, 3.05) is 20.1 Å². The molecule has 0 fully saturated rings. The van der Waals surface area contributed by atoms with Crippen LogP contribution in [0.4, 0.5) is 0 Å². The third-order valence-corrected chi connectivity index (χ3v) is 4.91. The molecule has 1 aromatic rings. The molecule has 0 saturated carbocycles. The standard InChI is InChI=1S/C20H35N3/c1-8-18-11-12-19(16(5)15(18)4)13-14-23(10-3)22-20(9-2)17(6)21-7/h11-12,20-22H,6,8-10,13-14H2,1-5,7H3. The van der Waals surface area contributed by atoms with E-state index in [0.29, 0.717) is 0 Å². The molecule has 0 aliphatic rings. The van der Waals surface area contributed by atoms with Gasteiger partial charge >= 0.3 is 0 Å². The van der Waals surface area contributed by atoms with Crippen molar-refractivity contribution < 1.29 is 0 Å². The molecule has 0 saturated heterocycles. The summed E-state index contributed by atoms with van der Waals surface area (Å²) >= 11 is 0. The number of hydrazine groups is 1. The van der Waals surface area contributed by atoms with Gasteiger partial charge in [-0.1, -0.05) is 39.5 Å². The number of nitrogens with zero attached hydrogens (tertiary/aromatic N) is 1. The fraction of sp³-hybridized carbons (Fsp3) is 0.600. The van der Waals surface area contributed by atoms with E-state index in [1.165, 1.54) is 22.3 Å². The van der Waals surface area contributed by atoms with Gasteiger partial charge in [0.05, 0.1) is 6.04 Å². The maximum Gasteiger partial charge on any atom is 0.0602 e. The Hall–Kier alpha value is -1.32. The summed E-state index contributed by atoms with van der Waals surface area (Å²) in [5.74, 6) is 0. The van der Waals surface area contributed by atoms with E-state index < -0.39 is 0 Å². The van der Waals surface area contributed by atoms with E-state index in [9.17, 15) is 0 Å². The van der Waals surface area contributed by atoms with Crippen LogP contribution in [0.25, 0.3) is 0 Å². The topological polar surface area (TPSA) is 27.3 Å². The van der Waals surface area contributed by atoms with Gasteiger partial charge in [0, 0.05) is 25.8 Å². The summed E-state index contributed by atoms with van der Waals surface area (Å²) in [6, 6.07) is 4.88. The first-order valence-corrected chi connectivity index (χ1v) is 8.93. The minimum atomic E-state index is 0.283. The van der Waals surface area contributed by atoms with Crippen molar-refractivity contribution in [1.29, 1.82) is 0 Å². The molecule has 1 unspecified atom stereocenters. The fourth-order valence-corrected chi connectivity index (χ4v) is 2.97. The number of aryl methyl sites for hydroxylation is 1. The summed E-state index contributed by atoms with van der Waals surface area (Å²) in [6.45, 7) is 17.2. The van der Waals surface area contributed by atoms with Crippen molar-refractivity contribution in [3.05, 3.63) is 46.7 Å². The van der Waals surface area contributed by atoms with Crippen molar-refractivity contribution >= 4 is 0 Å². The highest BCUT2D eigenvalue weighted by Gasteiger charge is 2.13. The van der Waals surface area contributed by atoms with Crippen molar-refractivity contribution in [1.82, 2.24) is 15.8 Å². The fourth-order valence-electron chi connectivity index (χ4n) is 2.97. The molecule has 3 heteroatoms. The Balaban J connectivity index is 2.71. The van der Waals surface area contributed by atoms with E-state index in [1.54, 1.807) is 0 Å². The van der Waals surface area contributed by atoms with Gasteiger partial charge in [0.25, 0.3) is 0 Å². The lowest BCUT2D eigenvalue weighted by Gasteiger charge is -2.29. The van der Waals surface area contributed by atoms with E-state index in [0.717, 1.165) is 38.0 Å². The number of nitrogens with one attached hydrogen (secondary N) is 2. The van der Waals surface area contributed by atoms with Crippen LogP contribution in [0.15, 0.2) is 24.4 Å². The molecule has 0 spiro atoms. The van der Waals surface area contributed by atoms with Crippen LogP contribution < -0.4 is 10.7 Å². The van der Waals surface area contributed by atoms with Crippen LogP contribution in [-0.2, 0) is 12.8 Å². The molecule has 3 nitrogen and oxygen atoms in total. The number of rotatable bonds is 10. The largest absolute Gasteiger partial charge is 0.391 e. The second-order valence-electron chi connectivity index (χ2n) is 6.18. The Labute approximate surface area is 143 Å². The average molecular weight is 318 g/mol. The second-order valence-corrected chi connectivity index (χ2v) is 6.18.